The number of carbonyl (C=O) groups is 1. The third-order valence-electron chi connectivity index (χ3n) is 4.70. The lowest BCUT2D eigenvalue weighted by Gasteiger charge is -2.13. The maximum absolute atomic E-state index is 12.2. The molecule has 30 heavy (non-hydrogen) atoms. The molecule has 0 spiro atoms. The molecule has 0 bridgehead atoms. The predicted octanol–water partition coefficient (Wildman–Crippen LogP) is 4.17. The molecule has 1 aliphatic heterocycles. The number of fused-ring (bicyclic) bond motifs is 1. The fourth-order valence-corrected chi connectivity index (χ4v) is 4.54. The molecule has 0 atom stereocenters. The summed E-state index contributed by atoms with van der Waals surface area (Å²) in [6, 6.07) is 5.99. The Morgan fingerprint density at radius 2 is 2.23 bits per heavy atom. The van der Waals surface area contributed by atoms with Gasteiger partial charge in [-0.3, -0.25) is 0 Å². The molecule has 3 aromatic rings. The number of hydrazine groups is 1. The fraction of sp³-hybridized carbons (Fsp3) is 0.286. The highest BCUT2D eigenvalue weighted by Crippen LogP contribution is 2.34. The van der Waals surface area contributed by atoms with E-state index in [1.165, 1.54) is 17.5 Å². The summed E-state index contributed by atoms with van der Waals surface area (Å²) in [5.41, 5.74) is 6.47. The average molecular weight is 445 g/mol. The van der Waals surface area contributed by atoms with Crippen molar-refractivity contribution in [3.05, 3.63) is 57.2 Å². The Balaban J connectivity index is 1.60. The van der Waals surface area contributed by atoms with Crippen LogP contribution in [0.15, 0.2) is 34.8 Å². The summed E-state index contributed by atoms with van der Waals surface area (Å²) in [5.74, 6) is 1.17. The number of hydrogen-bond donors (Lipinski definition) is 1. The van der Waals surface area contributed by atoms with E-state index < -0.39 is 5.97 Å². The second-order valence-corrected chi connectivity index (χ2v) is 8.11. The van der Waals surface area contributed by atoms with Gasteiger partial charge in [0.2, 0.25) is 0 Å². The molecule has 3 heterocycles. The first-order valence-corrected chi connectivity index (χ1v) is 10.7. The van der Waals surface area contributed by atoms with Crippen LogP contribution < -0.4 is 10.2 Å². The van der Waals surface area contributed by atoms with Gasteiger partial charge in [-0.1, -0.05) is 23.7 Å². The second kappa shape index (κ2) is 8.59. The van der Waals surface area contributed by atoms with Gasteiger partial charge in [0.1, 0.15) is 30.0 Å². The van der Waals surface area contributed by atoms with Crippen LogP contribution >= 0.6 is 22.9 Å². The molecule has 0 fully saturated rings. The average Bonchev–Trinajstić information content (AvgIpc) is 3.35. The summed E-state index contributed by atoms with van der Waals surface area (Å²) >= 11 is 7.79. The van der Waals surface area contributed by atoms with Crippen molar-refractivity contribution in [2.45, 2.75) is 20.5 Å². The quantitative estimate of drug-likeness (QED) is 0.454. The number of aromatic nitrogens is 1. The van der Waals surface area contributed by atoms with Gasteiger partial charge in [0.25, 0.3) is 0 Å². The minimum absolute atomic E-state index is 0.301. The minimum atomic E-state index is -0.403. The molecule has 0 radical (unpaired) electrons. The second-order valence-electron chi connectivity index (χ2n) is 6.88. The van der Waals surface area contributed by atoms with Gasteiger partial charge in [-0.25, -0.2) is 19.8 Å². The Morgan fingerprint density at radius 3 is 2.97 bits per heavy atom. The van der Waals surface area contributed by atoms with Crippen LogP contribution in [0.25, 0.3) is 10.1 Å². The Morgan fingerprint density at radius 1 is 1.40 bits per heavy atom. The first-order chi connectivity index (χ1) is 14.5. The molecule has 0 amide bonds. The van der Waals surface area contributed by atoms with E-state index >= 15 is 0 Å². The maximum atomic E-state index is 12.2. The summed E-state index contributed by atoms with van der Waals surface area (Å²) in [6.45, 7) is 4.98. The van der Waals surface area contributed by atoms with Gasteiger partial charge in [-0.15, -0.1) is 11.3 Å². The number of nitrogens with zero attached hydrogens (tertiary/aromatic N) is 3. The van der Waals surface area contributed by atoms with E-state index in [4.69, 9.17) is 21.1 Å². The van der Waals surface area contributed by atoms with Crippen LogP contribution in [0.1, 0.15) is 34.0 Å². The third-order valence-corrected chi connectivity index (χ3v) is 6.05. The van der Waals surface area contributed by atoms with Gasteiger partial charge in [0, 0.05) is 29.8 Å². The molecular weight excluding hydrogens is 424 g/mol. The Hall–Kier alpha value is -2.68. The zero-order valence-electron chi connectivity index (χ0n) is 16.9. The third kappa shape index (κ3) is 3.98. The van der Waals surface area contributed by atoms with Crippen molar-refractivity contribution in [3.8, 4) is 5.75 Å². The highest BCUT2D eigenvalue weighted by Gasteiger charge is 2.19. The molecule has 1 aromatic carbocycles. The van der Waals surface area contributed by atoms with Crippen molar-refractivity contribution in [2.75, 3.05) is 20.3 Å². The maximum Gasteiger partial charge on any atom is 0.341 e. The van der Waals surface area contributed by atoms with Crippen molar-refractivity contribution in [1.82, 2.24) is 15.4 Å². The molecule has 2 aromatic heterocycles. The highest BCUT2D eigenvalue weighted by atomic mass is 35.5. The molecule has 4 rings (SSSR count). The van der Waals surface area contributed by atoms with Crippen molar-refractivity contribution in [1.29, 1.82) is 0 Å². The lowest BCUT2D eigenvalue weighted by Crippen LogP contribution is -2.32. The Bertz CT molecular complexity index is 1140. The highest BCUT2D eigenvalue weighted by molar-refractivity contribution is 7.17. The van der Waals surface area contributed by atoms with E-state index in [0.29, 0.717) is 30.6 Å². The van der Waals surface area contributed by atoms with Crippen LogP contribution in [0.3, 0.4) is 0 Å². The smallest absolute Gasteiger partial charge is 0.341 e. The number of hydrogen-bond acceptors (Lipinski definition) is 8. The number of rotatable bonds is 6. The van der Waals surface area contributed by atoms with Crippen molar-refractivity contribution in [2.24, 2.45) is 4.99 Å². The van der Waals surface area contributed by atoms with Crippen LogP contribution in [-0.2, 0) is 11.3 Å². The van der Waals surface area contributed by atoms with Crippen LogP contribution in [0, 0.1) is 6.92 Å². The zero-order chi connectivity index (χ0) is 21.3. The number of pyridine rings is 1. The number of ether oxygens (including phenoxy) is 2. The van der Waals surface area contributed by atoms with E-state index in [1.54, 1.807) is 6.92 Å². The molecular formula is C21H21ClN4O3S. The van der Waals surface area contributed by atoms with Crippen LogP contribution in [-0.4, -0.2) is 42.1 Å². The molecule has 0 unspecified atom stereocenters. The molecule has 1 N–H and O–H groups in total. The van der Waals surface area contributed by atoms with Crippen molar-refractivity contribution >= 4 is 44.8 Å². The number of benzene rings is 1. The minimum Gasteiger partial charge on any atom is -0.489 e. The molecule has 156 valence electrons. The Kier molecular flexibility index (Phi) is 5.90. The summed E-state index contributed by atoms with van der Waals surface area (Å²) in [6.07, 6.45) is 1.46. The van der Waals surface area contributed by atoms with Gasteiger partial charge in [0.05, 0.1) is 16.9 Å². The van der Waals surface area contributed by atoms with Crippen LogP contribution in [0.5, 0.6) is 5.75 Å². The standard InChI is InChI=1S/C21H21ClN4O3S/c1-4-28-21(27)15-8-23-19(22)17-14(10-30-18(15)17)9-29-16-7-13(6-5-12(16)2)20-24-11-26(3)25-20/h5-8,10H,4,9,11H2,1-3H3,(H,24,25). The van der Waals surface area contributed by atoms with Crippen molar-refractivity contribution < 1.29 is 14.3 Å². The van der Waals surface area contributed by atoms with Gasteiger partial charge in [-0.05, 0) is 30.9 Å². The lowest BCUT2D eigenvalue weighted by atomic mass is 10.1. The zero-order valence-corrected chi connectivity index (χ0v) is 18.4. The number of halogens is 1. The number of aliphatic imine (C=N–C) groups is 1. The normalized spacial score (nSPS) is 13.9. The largest absolute Gasteiger partial charge is 0.489 e. The first-order valence-electron chi connectivity index (χ1n) is 9.45. The topological polar surface area (TPSA) is 76.0 Å². The molecule has 0 aliphatic carbocycles. The number of carbonyl (C=O) groups excluding carboxylic acids is 1. The van der Waals surface area contributed by atoms with Crippen LogP contribution in [0.2, 0.25) is 5.15 Å². The monoisotopic (exact) mass is 444 g/mol. The van der Waals surface area contributed by atoms with Gasteiger partial charge < -0.3 is 14.9 Å². The predicted molar refractivity (Wildman–Crippen MR) is 118 cm³/mol. The Labute approximate surface area is 183 Å². The number of amidine groups is 1. The first kappa shape index (κ1) is 20.6. The van der Waals surface area contributed by atoms with E-state index in [1.807, 2.05) is 42.6 Å². The fourth-order valence-electron chi connectivity index (χ4n) is 3.17. The number of thiophene rings is 1. The van der Waals surface area contributed by atoms with E-state index in [9.17, 15) is 4.79 Å². The number of nitrogens with one attached hydrogen (secondary N) is 1. The van der Waals surface area contributed by atoms with E-state index in [2.05, 4.69) is 15.4 Å². The number of aryl methyl sites for hydroxylation is 1. The number of esters is 1. The van der Waals surface area contributed by atoms with Gasteiger partial charge in [0.15, 0.2) is 0 Å². The summed E-state index contributed by atoms with van der Waals surface area (Å²) in [5, 5.41) is 4.92. The SMILES string of the molecule is CCOC(=O)c1cnc(Cl)c2c(COc3cc(C4=NCN(C)N4)ccc3C)csc12. The van der Waals surface area contributed by atoms with E-state index in [-0.39, 0.29) is 0 Å². The summed E-state index contributed by atoms with van der Waals surface area (Å²) in [4.78, 5) is 20.9. The van der Waals surface area contributed by atoms with Gasteiger partial charge in [-0.2, -0.15) is 0 Å². The van der Waals surface area contributed by atoms with Gasteiger partial charge >= 0.3 is 5.97 Å². The summed E-state index contributed by atoms with van der Waals surface area (Å²) in [7, 11) is 1.94. The molecule has 9 heteroatoms. The molecule has 7 nitrogen and oxygen atoms in total. The molecule has 1 aliphatic rings. The van der Waals surface area contributed by atoms with E-state index in [0.717, 1.165) is 38.4 Å². The summed E-state index contributed by atoms with van der Waals surface area (Å²) < 4.78 is 12.0. The molecule has 0 saturated carbocycles. The van der Waals surface area contributed by atoms with Crippen molar-refractivity contribution in [3.63, 3.8) is 0 Å². The molecule has 0 saturated heterocycles. The van der Waals surface area contributed by atoms with Crippen LogP contribution in [0.4, 0.5) is 0 Å². The lowest BCUT2D eigenvalue weighted by molar-refractivity contribution is 0.0528.